The molecule has 140 valence electrons. The van der Waals surface area contributed by atoms with Crippen LogP contribution in [-0.4, -0.2) is 18.2 Å². The van der Waals surface area contributed by atoms with Crippen LogP contribution < -0.4 is 9.74 Å². The van der Waals surface area contributed by atoms with E-state index in [0.29, 0.717) is 5.69 Å². The van der Waals surface area contributed by atoms with Crippen molar-refractivity contribution < 1.29 is 12.6 Å². The van der Waals surface area contributed by atoms with Gasteiger partial charge < -0.3 is 4.18 Å². The molecule has 0 unspecified atom stereocenters. The van der Waals surface area contributed by atoms with E-state index in [-0.39, 0.29) is 30.7 Å². The van der Waals surface area contributed by atoms with Crippen molar-refractivity contribution in [3.05, 3.63) is 79.1 Å². The normalized spacial score (nSPS) is 11.4. The van der Waals surface area contributed by atoms with Gasteiger partial charge in [0.1, 0.15) is 15.7 Å². The smallest absolute Gasteiger partial charge is 0.339 e. The van der Waals surface area contributed by atoms with Crippen LogP contribution in [0.2, 0.25) is 20.1 Å². The van der Waals surface area contributed by atoms with Crippen molar-refractivity contribution in [1.82, 2.24) is 9.78 Å². The van der Waals surface area contributed by atoms with E-state index >= 15 is 0 Å². The number of aromatic nitrogens is 2. The van der Waals surface area contributed by atoms with E-state index in [4.69, 9.17) is 50.6 Å². The van der Waals surface area contributed by atoms with Gasteiger partial charge in [-0.2, -0.15) is 18.2 Å². The van der Waals surface area contributed by atoms with Gasteiger partial charge in [0, 0.05) is 6.07 Å². The van der Waals surface area contributed by atoms with E-state index in [1.54, 1.807) is 0 Å². The van der Waals surface area contributed by atoms with Crippen LogP contribution in [0.5, 0.6) is 5.75 Å². The minimum atomic E-state index is -4.12. The van der Waals surface area contributed by atoms with Gasteiger partial charge in [0.15, 0.2) is 0 Å². The Labute approximate surface area is 173 Å². The van der Waals surface area contributed by atoms with Gasteiger partial charge in [0.25, 0.3) is 5.56 Å². The molecule has 0 fully saturated rings. The van der Waals surface area contributed by atoms with E-state index in [9.17, 15) is 13.2 Å². The molecule has 3 aromatic rings. The van der Waals surface area contributed by atoms with Crippen molar-refractivity contribution in [3.8, 4) is 11.4 Å². The van der Waals surface area contributed by atoms with E-state index in [1.807, 2.05) is 0 Å². The van der Waals surface area contributed by atoms with Gasteiger partial charge in [-0.1, -0.05) is 46.4 Å². The fraction of sp³-hybridized carbons (Fsp3) is 0. The summed E-state index contributed by atoms with van der Waals surface area (Å²) in [5.74, 6) is 0.0100. The maximum absolute atomic E-state index is 12.4. The predicted molar refractivity (Wildman–Crippen MR) is 104 cm³/mol. The molecule has 1 heterocycles. The molecule has 11 heteroatoms. The number of halogens is 4. The van der Waals surface area contributed by atoms with E-state index < -0.39 is 15.7 Å². The van der Waals surface area contributed by atoms with Crippen molar-refractivity contribution in [1.29, 1.82) is 0 Å². The summed E-state index contributed by atoms with van der Waals surface area (Å²) in [6.45, 7) is 0. The minimum Gasteiger partial charge on any atom is -0.379 e. The van der Waals surface area contributed by atoms with Gasteiger partial charge in [-0.15, -0.1) is 0 Å². The van der Waals surface area contributed by atoms with Crippen molar-refractivity contribution in [2.24, 2.45) is 0 Å². The SMILES string of the molecule is O=c1c(Cl)c(Cl)cnn1-c1ccc(S(=O)(=O)Oc2ccc(Cl)c(Cl)c2)cc1. The van der Waals surface area contributed by atoms with Gasteiger partial charge in [-0.25, -0.2) is 0 Å². The molecule has 0 aliphatic carbocycles. The highest BCUT2D eigenvalue weighted by Gasteiger charge is 2.18. The van der Waals surface area contributed by atoms with Crippen LogP contribution in [0.4, 0.5) is 0 Å². The van der Waals surface area contributed by atoms with Crippen molar-refractivity contribution in [3.63, 3.8) is 0 Å². The van der Waals surface area contributed by atoms with E-state index in [1.165, 1.54) is 48.7 Å². The monoisotopic (exact) mass is 464 g/mol. The number of hydrogen-bond acceptors (Lipinski definition) is 5. The fourth-order valence-corrected chi connectivity index (χ4v) is 3.52. The summed E-state index contributed by atoms with van der Waals surface area (Å²) in [6, 6.07) is 9.36. The summed E-state index contributed by atoms with van der Waals surface area (Å²) in [7, 11) is -4.12. The summed E-state index contributed by atoms with van der Waals surface area (Å²) >= 11 is 23.2. The molecule has 1 aromatic heterocycles. The first-order valence-corrected chi connectivity index (χ1v) is 10.0. The highest BCUT2D eigenvalue weighted by Crippen LogP contribution is 2.28. The Hall–Kier alpha value is -1.77. The second-order valence-corrected chi connectivity index (χ2v) is 8.28. The first-order chi connectivity index (χ1) is 12.7. The topological polar surface area (TPSA) is 78.3 Å². The maximum atomic E-state index is 12.4. The minimum absolute atomic E-state index is 0.0100. The fourth-order valence-electron chi connectivity index (χ4n) is 2.05. The lowest BCUT2D eigenvalue weighted by Gasteiger charge is -2.09. The van der Waals surface area contributed by atoms with Gasteiger partial charge in [0.05, 0.1) is 27.0 Å². The first-order valence-electron chi connectivity index (χ1n) is 7.12. The lowest BCUT2D eigenvalue weighted by atomic mass is 10.3. The largest absolute Gasteiger partial charge is 0.379 e. The van der Waals surface area contributed by atoms with Crippen molar-refractivity contribution >= 4 is 56.5 Å². The second-order valence-electron chi connectivity index (χ2n) is 5.13. The van der Waals surface area contributed by atoms with Crippen LogP contribution in [0.15, 0.2) is 58.4 Å². The lowest BCUT2D eigenvalue weighted by molar-refractivity contribution is 0.486. The number of nitrogens with zero attached hydrogens (tertiary/aromatic N) is 2. The molecular weight excluding hydrogens is 458 g/mol. The average molecular weight is 466 g/mol. The molecule has 27 heavy (non-hydrogen) atoms. The third kappa shape index (κ3) is 4.23. The standard InChI is InChI=1S/C16H8Cl4N2O4S/c17-12-6-3-10(7-13(12)18)26-27(24,25)11-4-1-9(2-5-11)22-16(23)15(20)14(19)8-21-22/h1-8H. The number of benzene rings is 2. The van der Waals surface area contributed by atoms with Crippen LogP contribution >= 0.6 is 46.4 Å². The number of hydrogen-bond donors (Lipinski definition) is 0. The van der Waals surface area contributed by atoms with Gasteiger partial charge in [-0.3, -0.25) is 4.79 Å². The zero-order chi connectivity index (χ0) is 19.8. The predicted octanol–water partition coefficient (Wildman–Crippen LogP) is 4.61. The molecule has 3 rings (SSSR count). The summed E-state index contributed by atoms with van der Waals surface area (Å²) in [6.07, 6.45) is 1.21. The molecule has 0 atom stereocenters. The van der Waals surface area contributed by atoms with Crippen molar-refractivity contribution in [2.75, 3.05) is 0 Å². The van der Waals surface area contributed by atoms with Crippen LogP contribution in [0.25, 0.3) is 5.69 Å². The first kappa shape index (κ1) is 20.0. The van der Waals surface area contributed by atoms with Gasteiger partial charge >= 0.3 is 10.1 Å². The van der Waals surface area contributed by atoms with Crippen LogP contribution in [0, 0.1) is 0 Å². The molecule has 0 saturated carbocycles. The molecule has 0 bridgehead atoms. The van der Waals surface area contributed by atoms with Crippen LogP contribution in [0.3, 0.4) is 0 Å². The second kappa shape index (κ2) is 7.69. The van der Waals surface area contributed by atoms with Crippen LogP contribution in [-0.2, 0) is 10.1 Å². The Bertz CT molecular complexity index is 1180. The van der Waals surface area contributed by atoms with Gasteiger partial charge in [0.2, 0.25) is 0 Å². The lowest BCUT2D eigenvalue weighted by Crippen LogP contribution is -2.21. The number of rotatable bonds is 4. The quantitative estimate of drug-likeness (QED) is 0.525. The van der Waals surface area contributed by atoms with Crippen LogP contribution in [0.1, 0.15) is 0 Å². The molecule has 2 aromatic carbocycles. The molecule has 0 aliphatic rings. The summed E-state index contributed by atoms with van der Waals surface area (Å²) < 4.78 is 30.8. The average Bonchev–Trinajstić information content (AvgIpc) is 2.63. The molecular formula is C16H8Cl4N2O4S. The molecule has 0 N–H and O–H groups in total. The van der Waals surface area contributed by atoms with E-state index in [2.05, 4.69) is 5.10 Å². The Morgan fingerprint density at radius 3 is 2.19 bits per heavy atom. The maximum Gasteiger partial charge on any atom is 0.339 e. The van der Waals surface area contributed by atoms with E-state index in [0.717, 1.165) is 4.68 Å². The highest BCUT2D eigenvalue weighted by atomic mass is 35.5. The molecule has 0 radical (unpaired) electrons. The van der Waals surface area contributed by atoms with Crippen molar-refractivity contribution in [2.45, 2.75) is 4.90 Å². The molecule has 0 amide bonds. The Kier molecular flexibility index (Phi) is 5.69. The molecule has 0 saturated heterocycles. The Morgan fingerprint density at radius 1 is 0.889 bits per heavy atom. The van der Waals surface area contributed by atoms with Gasteiger partial charge in [-0.05, 0) is 36.4 Å². The Balaban J connectivity index is 1.91. The molecule has 6 nitrogen and oxygen atoms in total. The molecule has 0 aliphatic heterocycles. The third-order valence-electron chi connectivity index (χ3n) is 3.34. The summed E-state index contributed by atoms with van der Waals surface area (Å²) in [5.41, 5.74) is -0.334. The Morgan fingerprint density at radius 2 is 1.56 bits per heavy atom. The molecule has 0 spiro atoms. The highest BCUT2D eigenvalue weighted by molar-refractivity contribution is 7.87. The zero-order valence-electron chi connectivity index (χ0n) is 13.1. The zero-order valence-corrected chi connectivity index (χ0v) is 16.9. The third-order valence-corrected chi connectivity index (χ3v) is 6.09. The summed E-state index contributed by atoms with van der Waals surface area (Å²) in [4.78, 5) is 12.0. The summed E-state index contributed by atoms with van der Waals surface area (Å²) in [5, 5.41) is 4.12.